The van der Waals surface area contributed by atoms with Crippen molar-refractivity contribution >= 4 is 15.9 Å². The van der Waals surface area contributed by atoms with Gasteiger partial charge in [0.05, 0.1) is 0 Å². The molecule has 2 bridgehead atoms. The van der Waals surface area contributed by atoms with Crippen molar-refractivity contribution in [2.75, 3.05) is 0 Å². The molecule has 4 unspecified atom stereocenters. The van der Waals surface area contributed by atoms with Crippen molar-refractivity contribution in [3.63, 3.8) is 0 Å². The molecule has 0 nitrogen and oxygen atoms in total. The third kappa shape index (κ3) is 1.40. The van der Waals surface area contributed by atoms with Crippen LogP contribution in [0.3, 0.4) is 0 Å². The highest BCUT2D eigenvalue weighted by molar-refractivity contribution is 9.09. The lowest BCUT2D eigenvalue weighted by atomic mass is 9.82. The second-order valence-electron chi connectivity index (χ2n) is 4.08. The number of allylic oxidation sites excluding steroid dienone is 2. The second kappa shape index (κ2) is 2.97. The van der Waals surface area contributed by atoms with Crippen LogP contribution < -0.4 is 0 Å². The summed E-state index contributed by atoms with van der Waals surface area (Å²) >= 11 is 3.28. The van der Waals surface area contributed by atoms with Gasteiger partial charge in [0, 0.05) is 10.2 Å². The summed E-state index contributed by atoms with van der Waals surface area (Å²) in [5.74, 6) is 0.0654. The molecule has 0 spiro atoms. The Bertz CT molecular complexity index is 272. The van der Waals surface area contributed by atoms with E-state index >= 15 is 0 Å². The molecule has 0 aromatic rings. The molecule has 5 heteroatoms. The van der Waals surface area contributed by atoms with Gasteiger partial charge in [0.2, 0.25) is 6.17 Å². The van der Waals surface area contributed by atoms with Crippen LogP contribution in [-0.4, -0.2) is 17.2 Å². The molecule has 0 aliphatic heterocycles. The van der Waals surface area contributed by atoms with Gasteiger partial charge in [-0.25, -0.2) is 4.39 Å². The van der Waals surface area contributed by atoms with E-state index in [4.69, 9.17) is 0 Å². The Morgan fingerprint density at radius 3 is 2.36 bits per heavy atom. The van der Waals surface area contributed by atoms with Crippen LogP contribution in [0.2, 0.25) is 0 Å². The van der Waals surface area contributed by atoms with Crippen LogP contribution in [0.1, 0.15) is 12.8 Å². The van der Waals surface area contributed by atoms with E-state index in [0.717, 1.165) is 0 Å². The van der Waals surface area contributed by atoms with Crippen molar-refractivity contribution in [1.29, 1.82) is 0 Å². The standard InChI is InChI=1S/C9H9BrF4/c10-6-4-8(2-1-5(6)3-8)7(11)9(12,13)14/h1-2,5-7H,3-4H2. The van der Waals surface area contributed by atoms with Gasteiger partial charge in [-0.2, -0.15) is 13.2 Å². The fourth-order valence-electron chi connectivity index (χ4n) is 2.42. The van der Waals surface area contributed by atoms with Gasteiger partial charge in [-0.05, 0) is 18.8 Å². The first-order valence-corrected chi connectivity index (χ1v) is 5.31. The summed E-state index contributed by atoms with van der Waals surface area (Å²) in [6.07, 6.45) is -3.83. The third-order valence-corrected chi connectivity index (χ3v) is 4.13. The topological polar surface area (TPSA) is 0 Å². The van der Waals surface area contributed by atoms with Crippen molar-refractivity contribution in [3.8, 4) is 0 Å². The van der Waals surface area contributed by atoms with Gasteiger partial charge in [0.15, 0.2) is 0 Å². The summed E-state index contributed by atoms with van der Waals surface area (Å²) in [6.45, 7) is 0. The number of halogens is 5. The van der Waals surface area contributed by atoms with Gasteiger partial charge in [-0.3, -0.25) is 0 Å². The largest absolute Gasteiger partial charge is 0.420 e. The monoisotopic (exact) mass is 272 g/mol. The Morgan fingerprint density at radius 1 is 1.36 bits per heavy atom. The zero-order chi connectivity index (χ0) is 10.6. The lowest BCUT2D eigenvalue weighted by Crippen LogP contribution is -2.39. The Hall–Kier alpha value is -0.0600. The molecule has 0 N–H and O–H groups in total. The number of hydrogen-bond donors (Lipinski definition) is 0. The van der Waals surface area contributed by atoms with E-state index in [2.05, 4.69) is 15.9 Å². The molecule has 2 aliphatic rings. The van der Waals surface area contributed by atoms with E-state index in [1.54, 1.807) is 6.08 Å². The van der Waals surface area contributed by atoms with Crippen molar-refractivity contribution in [2.24, 2.45) is 11.3 Å². The molecular weight excluding hydrogens is 264 g/mol. The molecule has 0 aromatic carbocycles. The summed E-state index contributed by atoms with van der Waals surface area (Å²) in [5.41, 5.74) is -1.29. The average Bonchev–Trinajstić information content (AvgIpc) is 2.59. The minimum absolute atomic E-state index is 0.00639. The maximum absolute atomic E-state index is 13.3. The summed E-state index contributed by atoms with van der Waals surface area (Å²) in [7, 11) is 0. The minimum atomic E-state index is -4.74. The molecule has 0 amide bonds. The van der Waals surface area contributed by atoms with E-state index in [1.807, 2.05) is 0 Å². The number of alkyl halides is 5. The summed E-state index contributed by atoms with van der Waals surface area (Å²) in [4.78, 5) is -0.00639. The summed E-state index contributed by atoms with van der Waals surface area (Å²) < 4.78 is 50.0. The highest BCUT2D eigenvalue weighted by Gasteiger charge is 2.59. The molecule has 1 saturated carbocycles. The molecule has 0 aromatic heterocycles. The molecule has 1 fully saturated rings. The first kappa shape index (κ1) is 10.5. The third-order valence-electron chi connectivity index (χ3n) is 3.12. The fraction of sp³-hybridized carbons (Fsp3) is 0.778. The maximum Gasteiger partial charge on any atom is 0.420 e. The molecule has 0 radical (unpaired) electrons. The normalized spacial score (nSPS) is 43.2. The molecule has 80 valence electrons. The predicted molar refractivity (Wildman–Crippen MR) is 48.0 cm³/mol. The SMILES string of the molecule is FC(C(F)(F)F)C12C=CC(C1)C(Br)C2. The summed E-state index contributed by atoms with van der Waals surface area (Å²) in [6, 6.07) is 0. The van der Waals surface area contributed by atoms with E-state index < -0.39 is 17.8 Å². The van der Waals surface area contributed by atoms with Crippen LogP contribution >= 0.6 is 15.9 Å². The van der Waals surface area contributed by atoms with E-state index in [1.165, 1.54) is 6.08 Å². The van der Waals surface area contributed by atoms with Gasteiger partial charge >= 0.3 is 6.18 Å². The van der Waals surface area contributed by atoms with Crippen molar-refractivity contribution in [1.82, 2.24) is 0 Å². The molecule has 2 rings (SSSR count). The van der Waals surface area contributed by atoms with Crippen molar-refractivity contribution < 1.29 is 17.6 Å². The van der Waals surface area contributed by atoms with Gasteiger partial charge < -0.3 is 0 Å². The van der Waals surface area contributed by atoms with E-state index in [-0.39, 0.29) is 23.6 Å². The number of fused-ring (bicyclic) bond motifs is 2. The van der Waals surface area contributed by atoms with Gasteiger partial charge in [-0.1, -0.05) is 28.1 Å². The molecular formula is C9H9BrF4. The number of hydrogen-bond acceptors (Lipinski definition) is 0. The lowest BCUT2D eigenvalue weighted by molar-refractivity contribution is -0.204. The molecule has 0 heterocycles. The molecule has 14 heavy (non-hydrogen) atoms. The van der Waals surface area contributed by atoms with Crippen molar-refractivity contribution in [2.45, 2.75) is 30.0 Å². The molecule has 4 atom stereocenters. The zero-order valence-corrected chi connectivity index (χ0v) is 8.78. The van der Waals surface area contributed by atoms with Gasteiger partial charge in [0.1, 0.15) is 0 Å². The first-order valence-electron chi connectivity index (χ1n) is 4.39. The summed E-state index contributed by atoms with van der Waals surface area (Å²) in [5, 5.41) is 0. The zero-order valence-electron chi connectivity index (χ0n) is 7.19. The van der Waals surface area contributed by atoms with Crippen molar-refractivity contribution in [3.05, 3.63) is 12.2 Å². The Balaban J connectivity index is 2.23. The van der Waals surface area contributed by atoms with Crippen LogP contribution in [0.5, 0.6) is 0 Å². The van der Waals surface area contributed by atoms with Crippen LogP contribution in [0, 0.1) is 11.3 Å². The Morgan fingerprint density at radius 2 is 2.00 bits per heavy atom. The van der Waals surface area contributed by atoms with Crippen LogP contribution in [0.4, 0.5) is 17.6 Å². The second-order valence-corrected chi connectivity index (χ2v) is 5.26. The predicted octanol–water partition coefficient (Wildman–Crippen LogP) is 3.62. The number of rotatable bonds is 1. The van der Waals surface area contributed by atoms with Crippen LogP contribution in [-0.2, 0) is 0 Å². The minimum Gasteiger partial charge on any atom is -0.237 e. The average molecular weight is 273 g/mol. The van der Waals surface area contributed by atoms with Gasteiger partial charge in [-0.15, -0.1) is 0 Å². The molecule has 2 aliphatic carbocycles. The van der Waals surface area contributed by atoms with Gasteiger partial charge in [0.25, 0.3) is 0 Å². The quantitative estimate of drug-likeness (QED) is 0.389. The Labute approximate surface area is 87.5 Å². The fourth-order valence-corrected chi connectivity index (χ4v) is 3.39. The van der Waals surface area contributed by atoms with Crippen LogP contribution in [0.15, 0.2) is 12.2 Å². The van der Waals surface area contributed by atoms with Crippen LogP contribution in [0.25, 0.3) is 0 Å². The Kier molecular flexibility index (Phi) is 2.22. The first-order chi connectivity index (χ1) is 6.35. The van der Waals surface area contributed by atoms with E-state index in [0.29, 0.717) is 0 Å². The lowest BCUT2D eigenvalue weighted by Gasteiger charge is -2.29. The highest BCUT2D eigenvalue weighted by atomic mass is 79.9. The smallest absolute Gasteiger partial charge is 0.237 e. The van der Waals surface area contributed by atoms with E-state index in [9.17, 15) is 17.6 Å². The maximum atomic E-state index is 13.3. The highest BCUT2D eigenvalue weighted by Crippen LogP contribution is 2.57. The molecule has 0 saturated heterocycles.